The molecule has 0 atom stereocenters. The van der Waals surface area contributed by atoms with Crippen molar-refractivity contribution in [3.63, 3.8) is 0 Å². The molecule has 158 valence electrons. The van der Waals surface area contributed by atoms with Crippen molar-refractivity contribution in [1.82, 2.24) is 5.16 Å². The van der Waals surface area contributed by atoms with E-state index in [1.165, 1.54) is 0 Å². The fraction of sp³-hybridized carbons (Fsp3) is 0.250. The maximum Gasteiger partial charge on any atom is 0.267 e. The molecule has 30 heavy (non-hydrogen) atoms. The molecule has 8 nitrogen and oxygen atoms in total. The Bertz CT molecular complexity index is 1670. The molecule has 0 unspecified atom stereocenters. The van der Waals surface area contributed by atoms with Crippen LogP contribution in [-0.4, -0.2) is 25.3 Å². The van der Waals surface area contributed by atoms with Crippen LogP contribution in [0.1, 0.15) is 63.0 Å². The average molecular weight is 460 g/mol. The number of carbonyl (C=O) groups excluding carboxylic acids is 2. The first-order valence-corrected chi connectivity index (χ1v) is 10.4. The van der Waals surface area contributed by atoms with E-state index in [2.05, 4.69) is 5.16 Å². The van der Waals surface area contributed by atoms with Gasteiger partial charge in [0.15, 0.2) is 8.61 Å². The molecule has 0 fully saturated rings. The fourth-order valence-corrected chi connectivity index (χ4v) is 4.61. The third kappa shape index (κ3) is 4.14. The topological polar surface area (TPSA) is 118 Å². The second kappa shape index (κ2) is 8.04. The van der Waals surface area contributed by atoms with Gasteiger partial charge >= 0.3 is 0 Å². The van der Waals surface area contributed by atoms with Gasteiger partial charge in [-0.25, -0.2) is 13.1 Å². The summed E-state index contributed by atoms with van der Waals surface area (Å²) in [5, 5.41) is 4.30. The number of thiophene rings is 1. The van der Waals surface area contributed by atoms with E-state index in [0.29, 0.717) is 17.4 Å². The summed E-state index contributed by atoms with van der Waals surface area (Å²) in [6.45, 7) is -7.08. The Morgan fingerprint density at radius 3 is 2.77 bits per heavy atom. The van der Waals surface area contributed by atoms with Crippen LogP contribution in [0.3, 0.4) is 0 Å². The molecule has 0 bridgehead atoms. The third-order valence-electron chi connectivity index (χ3n) is 3.84. The highest BCUT2D eigenvalue weighted by Crippen LogP contribution is 2.29. The summed E-state index contributed by atoms with van der Waals surface area (Å²) >= 11 is 0.474. The zero-order valence-corrected chi connectivity index (χ0v) is 17.1. The minimum atomic E-state index is -5.02. The van der Waals surface area contributed by atoms with E-state index >= 15 is 0 Å². The van der Waals surface area contributed by atoms with E-state index < -0.39 is 92.0 Å². The number of hydrogen-bond acceptors (Lipinski definition) is 7. The van der Waals surface area contributed by atoms with E-state index in [4.69, 9.17) is 21.1 Å². The molecule has 0 aliphatic carbocycles. The average Bonchev–Trinajstić information content (AvgIpc) is 3.47. The van der Waals surface area contributed by atoms with Crippen LogP contribution in [-0.2, 0) is 10.0 Å². The Labute approximate surface area is 195 Å². The van der Waals surface area contributed by atoms with Crippen molar-refractivity contribution < 1.29 is 39.1 Å². The summed E-state index contributed by atoms with van der Waals surface area (Å²) in [6, 6.07) is 0.509. The molecule has 0 spiro atoms. The number of rotatable bonds is 6. The molecular weight excluding hydrogens is 426 g/mol. The van der Waals surface area contributed by atoms with Crippen LogP contribution in [0, 0.1) is 27.5 Å². The molecule has 2 aromatic heterocycles. The Kier molecular flexibility index (Phi) is 2.91. The molecule has 10 heteroatoms. The lowest BCUT2D eigenvalue weighted by atomic mass is 10.0. The Balaban J connectivity index is 2.21. The summed E-state index contributed by atoms with van der Waals surface area (Å²) < 4.78 is 125. The van der Waals surface area contributed by atoms with Crippen LogP contribution in [0.4, 0.5) is 11.6 Å². The molecule has 3 aromatic rings. The Hall–Kier alpha value is -2.98. The van der Waals surface area contributed by atoms with Crippen molar-refractivity contribution in [3.8, 4) is 0 Å². The number of carbonyl (C=O) groups is 2. The van der Waals surface area contributed by atoms with Gasteiger partial charge in [0, 0.05) is 23.5 Å². The Morgan fingerprint density at radius 1 is 1.33 bits per heavy atom. The number of ketones is 1. The molecule has 2 heterocycles. The predicted molar refractivity (Wildman–Crippen MR) is 115 cm³/mol. The molecule has 0 aliphatic heterocycles. The van der Waals surface area contributed by atoms with Crippen LogP contribution in [0.5, 0.6) is 0 Å². The highest BCUT2D eigenvalue weighted by molar-refractivity contribution is 7.93. The minimum Gasteiger partial charge on any atom is -0.337 e. The molecule has 1 amide bonds. The number of benzene rings is 1. The van der Waals surface area contributed by atoms with Gasteiger partial charge < -0.3 is 9.83 Å². The molecule has 1 aromatic carbocycles. The molecular formula is C20H21N3O5S2. The number of nitrogens with one attached hydrogen (secondary N) is 2. The lowest BCUT2D eigenvalue weighted by Crippen LogP contribution is -2.20. The zero-order valence-electron chi connectivity index (χ0n) is 27.4. The van der Waals surface area contributed by atoms with E-state index in [1.54, 1.807) is 0 Å². The van der Waals surface area contributed by atoms with E-state index in [9.17, 15) is 18.0 Å². The highest BCUT2D eigenvalue weighted by atomic mass is 32.2. The summed E-state index contributed by atoms with van der Waals surface area (Å²) in [6.07, 6.45) is 0. The molecule has 0 saturated carbocycles. The lowest BCUT2D eigenvalue weighted by molar-refractivity contribution is 0.101. The van der Waals surface area contributed by atoms with Crippen molar-refractivity contribution in [2.45, 2.75) is 39.3 Å². The van der Waals surface area contributed by atoms with Crippen molar-refractivity contribution >= 4 is 44.6 Å². The largest absolute Gasteiger partial charge is 0.337 e. The summed E-state index contributed by atoms with van der Waals surface area (Å²) in [5.74, 6) is -3.24. The molecule has 0 saturated heterocycles. The normalized spacial score (nSPS) is 18.5. The van der Waals surface area contributed by atoms with E-state index in [0.717, 1.165) is 25.3 Å². The number of amides is 1. The minimum absolute atomic E-state index is 0.120. The standard InChI is InChI=1S/C20H21N3O5S2/c1-10-8-11(2)17(15(9-10)14(5)24)21-19(25)18-16(6-7-29-18)30(26,27)23-20-12(3)13(4)22-28-20/h6-9,23H,1-5H3,(H,21,25)/i1D3,2D3,4D3,8D/hD2. The smallest absolute Gasteiger partial charge is 0.267 e. The van der Waals surface area contributed by atoms with Crippen molar-refractivity contribution in [2.75, 3.05) is 10.0 Å². The lowest BCUT2D eigenvalue weighted by Gasteiger charge is -2.14. The number of nitrogens with zero attached hydrogens (tertiary/aromatic N) is 1. The van der Waals surface area contributed by atoms with Crippen LogP contribution < -0.4 is 10.0 Å². The maximum atomic E-state index is 13.5. The maximum absolute atomic E-state index is 13.5. The van der Waals surface area contributed by atoms with Gasteiger partial charge in [-0.2, -0.15) is 0 Å². The van der Waals surface area contributed by atoms with Gasteiger partial charge in [0.05, 0.1) is 12.8 Å². The monoisotopic (exact) mass is 459 g/mol. The van der Waals surface area contributed by atoms with Crippen LogP contribution in [0.2, 0.25) is 2.82 Å². The van der Waals surface area contributed by atoms with Crippen molar-refractivity contribution in [2.24, 2.45) is 0 Å². The van der Waals surface area contributed by atoms with Gasteiger partial charge in [-0.1, -0.05) is 11.2 Å². The fourth-order valence-electron chi connectivity index (χ4n) is 2.34. The number of aromatic nitrogens is 1. The number of anilines is 2. The first-order chi connectivity index (χ1) is 18.9. The second-order valence-electron chi connectivity index (χ2n) is 5.94. The van der Waals surface area contributed by atoms with Gasteiger partial charge in [-0.15, -0.1) is 11.3 Å². The van der Waals surface area contributed by atoms with Gasteiger partial charge in [0.1, 0.15) is 9.77 Å². The van der Waals surface area contributed by atoms with E-state index in [-0.39, 0.29) is 15.6 Å². The number of hydrogen-bond donors (Lipinski definition) is 2. The number of sulfonamides is 1. The van der Waals surface area contributed by atoms with Gasteiger partial charge in [-0.3, -0.25) is 9.59 Å². The van der Waals surface area contributed by atoms with Crippen molar-refractivity contribution in [1.29, 1.82) is 0 Å². The van der Waals surface area contributed by atoms with Gasteiger partial charge in [-0.05, 0) is 63.0 Å². The quantitative estimate of drug-likeness (QED) is 0.533. The molecule has 0 aliphatic rings. The zero-order chi connectivity index (χ0) is 32.3. The van der Waals surface area contributed by atoms with Crippen LogP contribution >= 0.6 is 11.3 Å². The van der Waals surface area contributed by atoms with Crippen molar-refractivity contribution in [3.05, 3.63) is 56.4 Å². The first-order valence-electron chi connectivity index (χ1n) is 13.9. The van der Waals surface area contributed by atoms with E-state index in [1.807, 2.05) is 0 Å². The Morgan fingerprint density at radius 2 is 2.13 bits per heavy atom. The molecule has 2 N–H and O–H groups in total. The number of aryl methyl sites for hydroxylation is 2. The number of Topliss-reactive ketones (excluding diaryl/α,β-unsaturated/α-hetero) is 1. The predicted octanol–water partition coefficient (Wildman–Crippen LogP) is 4.23. The van der Waals surface area contributed by atoms with Gasteiger partial charge in [0.25, 0.3) is 15.9 Å². The highest BCUT2D eigenvalue weighted by Gasteiger charge is 2.27. The molecule has 3 rings (SSSR count). The second-order valence-corrected chi connectivity index (χ2v) is 8.42. The van der Waals surface area contributed by atoms with Crippen LogP contribution in [0.25, 0.3) is 0 Å². The first kappa shape index (κ1) is 10.9. The summed E-state index contributed by atoms with van der Waals surface area (Å²) in [5.41, 5.74) is -4.45. The molecule has 0 radical (unpaired) electrons. The SMILES string of the molecule is [2H]c1c(C([2H])([2H])[2H])cc(C(C)=O)c(N([2H])C(=O)c2sccc2S(=O)(=O)N([2H])c2onc(C([2H])([2H])[2H])c2C)c1C([2H])([2H])[2H]. The van der Waals surface area contributed by atoms with Gasteiger partial charge in [0.2, 0.25) is 5.88 Å². The third-order valence-corrected chi connectivity index (χ3v) is 6.17. The summed E-state index contributed by atoms with van der Waals surface area (Å²) in [7, 11) is -5.02. The van der Waals surface area contributed by atoms with Crippen LogP contribution in [0.15, 0.2) is 33.0 Å². The summed E-state index contributed by atoms with van der Waals surface area (Å²) in [4.78, 5) is 24.4.